The van der Waals surface area contributed by atoms with E-state index < -0.39 is 24.0 Å². The van der Waals surface area contributed by atoms with Crippen molar-refractivity contribution in [3.8, 4) is 0 Å². The van der Waals surface area contributed by atoms with Gasteiger partial charge in [-0.15, -0.1) is 0 Å². The molecule has 1 N–H and O–H groups in total. The number of halogens is 3. The Morgan fingerprint density at radius 3 is 2.55 bits per heavy atom. The van der Waals surface area contributed by atoms with Crippen LogP contribution in [0.3, 0.4) is 0 Å². The molecule has 1 aromatic carbocycles. The highest BCUT2D eigenvalue weighted by atomic mass is 19.4. The predicted octanol–water partition coefficient (Wildman–Crippen LogP) is 3.60. The fourth-order valence-electron chi connectivity index (χ4n) is 2.09. The zero-order valence-electron chi connectivity index (χ0n) is 10.6. The zero-order valence-corrected chi connectivity index (χ0v) is 10.6. The SMILES string of the molecule is C[C@H](C(C(=O)O)c1cnc2ccccc2c1)C(F)(F)F. The van der Waals surface area contributed by atoms with Crippen LogP contribution in [-0.2, 0) is 4.79 Å². The van der Waals surface area contributed by atoms with Crippen molar-refractivity contribution < 1.29 is 23.1 Å². The second kappa shape index (κ2) is 5.11. The van der Waals surface area contributed by atoms with Crippen molar-refractivity contribution in [2.24, 2.45) is 5.92 Å². The number of aromatic nitrogens is 1. The summed E-state index contributed by atoms with van der Waals surface area (Å²) in [5.41, 5.74) is 0.668. The fourth-order valence-corrected chi connectivity index (χ4v) is 2.09. The number of para-hydroxylation sites is 1. The van der Waals surface area contributed by atoms with E-state index in [4.69, 9.17) is 5.11 Å². The van der Waals surface area contributed by atoms with E-state index in [-0.39, 0.29) is 5.56 Å². The highest BCUT2D eigenvalue weighted by molar-refractivity contribution is 5.82. The Labute approximate surface area is 113 Å². The van der Waals surface area contributed by atoms with Gasteiger partial charge in [-0.1, -0.05) is 25.1 Å². The summed E-state index contributed by atoms with van der Waals surface area (Å²) in [5, 5.41) is 9.72. The van der Waals surface area contributed by atoms with Crippen molar-refractivity contribution in [3.05, 3.63) is 42.1 Å². The van der Waals surface area contributed by atoms with Gasteiger partial charge in [0.05, 0.1) is 17.4 Å². The number of hydrogen-bond acceptors (Lipinski definition) is 2. The topological polar surface area (TPSA) is 50.2 Å². The van der Waals surface area contributed by atoms with Crippen molar-refractivity contribution >= 4 is 16.9 Å². The van der Waals surface area contributed by atoms with Crippen LogP contribution in [-0.4, -0.2) is 22.2 Å². The summed E-state index contributed by atoms with van der Waals surface area (Å²) in [6.07, 6.45) is -3.38. The fraction of sp³-hybridized carbons (Fsp3) is 0.286. The van der Waals surface area contributed by atoms with Gasteiger partial charge in [0.2, 0.25) is 0 Å². The first-order valence-electron chi connectivity index (χ1n) is 5.95. The number of benzene rings is 1. The van der Waals surface area contributed by atoms with Gasteiger partial charge >= 0.3 is 12.1 Å². The number of nitrogens with zero attached hydrogens (tertiary/aromatic N) is 1. The van der Waals surface area contributed by atoms with Gasteiger partial charge in [-0.3, -0.25) is 9.78 Å². The first kappa shape index (κ1) is 14.3. The van der Waals surface area contributed by atoms with E-state index in [0.29, 0.717) is 10.9 Å². The molecule has 0 aliphatic carbocycles. The van der Waals surface area contributed by atoms with E-state index in [1.54, 1.807) is 24.3 Å². The summed E-state index contributed by atoms with van der Waals surface area (Å²) in [5.74, 6) is -5.15. The first-order chi connectivity index (χ1) is 9.30. The van der Waals surface area contributed by atoms with Gasteiger partial charge in [0.25, 0.3) is 0 Å². The zero-order chi connectivity index (χ0) is 14.9. The van der Waals surface area contributed by atoms with Gasteiger partial charge < -0.3 is 5.11 Å². The minimum atomic E-state index is -4.57. The van der Waals surface area contributed by atoms with Gasteiger partial charge in [0.15, 0.2) is 0 Å². The Balaban J connectivity index is 2.49. The Bertz CT molecular complexity index is 640. The lowest BCUT2D eigenvalue weighted by molar-refractivity contribution is -0.183. The van der Waals surface area contributed by atoms with Crippen molar-refractivity contribution in [1.82, 2.24) is 4.98 Å². The van der Waals surface area contributed by atoms with Crippen molar-refractivity contribution in [2.45, 2.75) is 19.0 Å². The number of carboxylic acid groups (broad SMARTS) is 1. The van der Waals surface area contributed by atoms with Gasteiger partial charge in [0, 0.05) is 11.6 Å². The van der Waals surface area contributed by atoms with Crippen molar-refractivity contribution in [3.63, 3.8) is 0 Å². The smallest absolute Gasteiger partial charge is 0.392 e. The molecule has 0 aliphatic rings. The standard InChI is InChI=1S/C14H12F3NO2/c1-8(14(15,16)17)12(13(19)20)10-6-9-4-2-3-5-11(9)18-7-10/h2-8,12H,1H3,(H,19,20)/t8-,12?/m1/s1. The number of fused-ring (bicyclic) bond motifs is 1. The minimum Gasteiger partial charge on any atom is -0.481 e. The molecule has 0 saturated heterocycles. The van der Waals surface area contributed by atoms with Crippen LogP contribution in [0.2, 0.25) is 0 Å². The maximum absolute atomic E-state index is 12.8. The molecule has 1 heterocycles. The van der Waals surface area contributed by atoms with E-state index in [2.05, 4.69) is 4.98 Å². The molecule has 6 heteroatoms. The first-order valence-corrected chi connectivity index (χ1v) is 5.95. The summed E-state index contributed by atoms with van der Waals surface area (Å²) in [6.45, 7) is 0.869. The Kier molecular flexibility index (Phi) is 3.65. The summed E-state index contributed by atoms with van der Waals surface area (Å²) in [6, 6.07) is 8.31. The molecular formula is C14H12F3NO2. The molecule has 0 saturated carbocycles. The molecule has 106 valence electrons. The normalized spacial score (nSPS) is 15.0. The molecule has 3 nitrogen and oxygen atoms in total. The number of carboxylic acids is 1. The number of aliphatic carboxylic acids is 1. The second-order valence-electron chi connectivity index (χ2n) is 4.61. The maximum Gasteiger partial charge on any atom is 0.392 e. The molecule has 1 aromatic heterocycles. The molecule has 20 heavy (non-hydrogen) atoms. The average Bonchev–Trinajstić information content (AvgIpc) is 2.37. The predicted molar refractivity (Wildman–Crippen MR) is 67.3 cm³/mol. The second-order valence-corrected chi connectivity index (χ2v) is 4.61. The Morgan fingerprint density at radius 2 is 1.95 bits per heavy atom. The van der Waals surface area contributed by atoms with Gasteiger partial charge in [-0.05, 0) is 17.7 Å². The summed E-state index contributed by atoms with van der Waals surface area (Å²) in [7, 11) is 0. The maximum atomic E-state index is 12.8. The van der Waals surface area contributed by atoms with E-state index in [0.717, 1.165) is 6.92 Å². The van der Waals surface area contributed by atoms with Gasteiger partial charge in [-0.25, -0.2) is 0 Å². The highest BCUT2D eigenvalue weighted by Crippen LogP contribution is 2.37. The molecule has 0 amide bonds. The third-order valence-electron chi connectivity index (χ3n) is 3.25. The molecular weight excluding hydrogens is 271 g/mol. The summed E-state index contributed by atoms with van der Waals surface area (Å²) in [4.78, 5) is 15.2. The summed E-state index contributed by atoms with van der Waals surface area (Å²) < 4.78 is 38.3. The van der Waals surface area contributed by atoms with E-state index in [9.17, 15) is 18.0 Å². The van der Waals surface area contributed by atoms with Crippen LogP contribution in [0.15, 0.2) is 36.5 Å². The van der Waals surface area contributed by atoms with E-state index in [1.807, 2.05) is 0 Å². The minimum absolute atomic E-state index is 0.0565. The molecule has 0 bridgehead atoms. The molecule has 0 aliphatic heterocycles. The van der Waals surface area contributed by atoms with Crippen LogP contribution in [0.5, 0.6) is 0 Å². The van der Waals surface area contributed by atoms with Crippen LogP contribution in [0.25, 0.3) is 10.9 Å². The molecule has 0 fully saturated rings. The van der Waals surface area contributed by atoms with Gasteiger partial charge in [-0.2, -0.15) is 13.2 Å². The monoisotopic (exact) mass is 283 g/mol. The lowest BCUT2D eigenvalue weighted by atomic mass is 9.87. The average molecular weight is 283 g/mol. The van der Waals surface area contributed by atoms with Crippen LogP contribution in [0.1, 0.15) is 18.4 Å². The third kappa shape index (κ3) is 2.74. The van der Waals surface area contributed by atoms with E-state index >= 15 is 0 Å². The third-order valence-corrected chi connectivity index (χ3v) is 3.25. The Morgan fingerprint density at radius 1 is 1.30 bits per heavy atom. The van der Waals surface area contributed by atoms with Gasteiger partial charge in [0.1, 0.15) is 0 Å². The number of carbonyl (C=O) groups is 1. The molecule has 2 rings (SSSR count). The molecule has 1 unspecified atom stereocenters. The molecule has 0 radical (unpaired) electrons. The highest BCUT2D eigenvalue weighted by Gasteiger charge is 2.45. The Hall–Kier alpha value is -2.11. The van der Waals surface area contributed by atoms with Crippen LogP contribution < -0.4 is 0 Å². The quantitative estimate of drug-likeness (QED) is 0.936. The van der Waals surface area contributed by atoms with E-state index in [1.165, 1.54) is 12.3 Å². The van der Waals surface area contributed by atoms with Crippen molar-refractivity contribution in [2.75, 3.05) is 0 Å². The molecule has 0 spiro atoms. The summed E-state index contributed by atoms with van der Waals surface area (Å²) >= 11 is 0. The van der Waals surface area contributed by atoms with Crippen molar-refractivity contribution in [1.29, 1.82) is 0 Å². The largest absolute Gasteiger partial charge is 0.481 e. The van der Waals surface area contributed by atoms with Crippen LogP contribution >= 0.6 is 0 Å². The number of hydrogen-bond donors (Lipinski definition) is 1. The molecule has 2 atom stereocenters. The van der Waals surface area contributed by atoms with Crippen LogP contribution in [0, 0.1) is 5.92 Å². The lowest BCUT2D eigenvalue weighted by Gasteiger charge is -2.23. The number of alkyl halides is 3. The van der Waals surface area contributed by atoms with Crippen LogP contribution in [0.4, 0.5) is 13.2 Å². The number of pyridine rings is 1. The lowest BCUT2D eigenvalue weighted by Crippen LogP contribution is -2.31. The number of rotatable bonds is 3. The molecule has 2 aromatic rings.